The predicted molar refractivity (Wildman–Crippen MR) is 445 cm³/mol. The first-order chi connectivity index (χ1) is 55.4. The Labute approximate surface area is 787 Å². The Kier molecular flexibility index (Phi) is 47.3. The molecule has 121 heavy (non-hydrogen) atoms. The van der Waals surface area contributed by atoms with Gasteiger partial charge < -0.3 is 142 Å². The molecule has 9 aromatic rings. The van der Waals surface area contributed by atoms with Gasteiger partial charge in [0.25, 0.3) is 68.2 Å². The molecule has 8 heterocycles. The number of carbonyl (C=O) groups excluding carboxylic acids is 8. The number of aromatic nitrogens is 4. The molecule has 0 unspecified atom stereocenters. The van der Waals surface area contributed by atoms with Crippen molar-refractivity contribution in [3.05, 3.63) is 161 Å². The number of oxazole rings is 1. The van der Waals surface area contributed by atoms with Gasteiger partial charge in [-0.3, -0.25) is 67.4 Å². The number of hydrogen-bond donors (Lipinski definition) is 3. The minimum absolute atomic E-state index is 0. The smallest absolute Gasteiger partial charge is 0.347 e. The van der Waals surface area contributed by atoms with Gasteiger partial charge in [-0.25, -0.2) is 4.57 Å². The summed E-state index contributed by atoms with van der Waals surface area (Å²) in [4.78, 5) is 118. The lowest BCUT2D eigenvalue weighted by molar-refractivity contribution is -0.713. The summed E-state index contributed by atoms with van der Waals surface area (Å²) in [5.41, 5.74) is 12.9. The number of nitrogens with zero attached hydrogens (tertiary/aromatic N) is 9. The number of thiazole rings is 1. The van der Waals surface area contributed by atoms with Crippen LogP contribution in [0.25, 0.3) is 43.1 Å². The number of para-hydroxylation sites is 6. The largest absolute Gasteiger partial charge is 1.00 e. The van der Waals surface area contributed by atoms with Crippen LogP contribution in [0.5, 0.6) is 0 Å². The Morgan fingerprint density at radius 2 is 1.03 bits per heavy atom. The van der Waals surface area contributed by atoms with Gasteiger partial charge >= 0.3 is 23.8 Å². The summed E-state index contributed by atoms with van der Waals surface area (Å²) in [5, 5.41) is 28.7. The molecule has 3 N–H and O–H groups in total. The summed E-state index contributed by atoms with van der Waals surface area (Å²) in [7, 11) is 0. The lowest BCUT2D eigenvalue weighted by Crippen LogP contribution is -3.00. The maximum atomic E-state index is 11.0. The zero-order valence-corrected chi connectivity index (χ0v) is 80.4. The van der Waals surface area contributed by atoms with Crippen LogP contribution in [0, 0.1) is 20.8 Å². The van der Waals surface area contributed by atoms with Crippen molar-refractivity contribution in [2.45, 2.75) is 113 Å². The summed E-state index contributed by atoms with van der Waals surface area (Å²) in [6, 6.07) is 45.0. The highest BCUT2D eigenvalue weighted by Crippen LogP contribution is 2.44. The number of fused-ring (bicyclic) bond motifs is 7. The molecule has 3 aromatic heterocycles. The number of aliphatic carboxylic acids is 3. The number of aryl methyl sites for hydroxylation is 3. The summed E-state index contributed by atoms with van der Waals surface area (Å²) in [6.45, 7) is 26.8. The molecular weight excluding hydrogens is 2060 g/mol. The Morgan fingerprint density at radius 1 is 0.545 bits per heavy atom. The SMILES string of the molecule is CC1=[N+](CCOC=O)c2ccc3ccccc3c2C1(C)C.CC1=[N+](CCOC=O)c2ccccc2C1(C)C.CCn1c(C)[n+](COC=O)c2ccccc21.Cc1oc2ccccc2[n+]1COC=O.Cc1sc2ccccc2[n+]1COC=O.O=C(O)CCN1C(=O)CSC1=S.O=C(O)CN1C(=O)COC1=S.O=C(O)CN1C(=O)CSC1=S.[Br-].[Br-].[Cl-].[I-].[I-]. The van der Waals surface area contributed by atoms with Crippen molar-refractivity contribution in [2.24, 2.45) is 0 Å². The maximum Gasteiger partial charge on any atom is 0.347 e. The Balaban J connectivity index is 0.000000470. The van der Waals surface area contributed by atoms with E-state index in [9.17, 15) is 52.7 Å². The molecule has 0 saturated carbocycles. The van der Waals surface area contributed by atoms with Crippen molar-refractivity contribution < 1.29 is 218 Å². The van der Waals surface area contributed by atoms with Crippen molar-refractivity contribution in [3.8, 4) is 0 Å². The van der Waals surface area contributed by atoms with Gasteiger partial charge in [0.05, 0.1) is 42.2 Å². The summed E-state index contributed by atoms with van der Waals surface area (Å²) in [6.07, 6.45) is -0.0492. The van der Waals surface area contributed by atoms with Gasteiger partial charge in [0.15, 0.2) is 42.2 Å². The van der Waals surface area contributed by atoms with Crippen molar-refractivity contribution >= 4 is 219 Å². The van der Waals surface area contributed by atoms with E-state index < -0.39 is 30.4 Å². The molecule has 0 atom stereocenters. The first kappa shape index (κ1) is 108. The zero-order valence-electron chi connectivity index (χ0n) is 67.2. The minimum Gasteiger partial charge on any atom is -1.00 e. The highest BCUT2D eigenvalue weighted by Gasteiger charge is 2.45. The summed E-state index contributed by atoms with van der Waals surface area (Å²) < 4.78 is 48.6. The van der Waals surface area contributed by atoms with E-state index in [1.807, 2.05) is 96.6 Å². The number of carboxylic acid groups (broad SMARTS) is 3. The lowest BCUT2D eigenvalue weighted by atomic mass is 9.80. The normalized spacial score (nSPS) is 13.8. The molecule has 0 radical (unpaired) electrons. The summed E-state index contributed by atoms with van der Waals surface area (Å²) in [5.74, 6) is -1.36. The van der Waals surface area contributed by atoms with Crippen molar-refractivity contribution in [3.63, 3.8) is 0 Å². The van der Waals surface area contributed by atoms with Crippen LogP contribution in [-0.2, 0) is 119 Å². The van der Waals surface area contributed by atoms with Crippen LogP contribution < -0.4 is 108 Å². The topological polar surface area (TPSA) is 349 Å². The molecule has 14 rings (SSSR count). The molecule has 0 bridgehead atoms. The number of amides is 3. The van der Waals surface area contributed by atoms with Gasteiger partial charge in [-0.2, -0.15) is 13.7 Å². The molecular formula is C80H90Br2ClI2N9O21S6. The van der Waals surface area contributed by atoms with Gasteiger partial charge in [0.1, 0.15) is 39.6 Å². The zero-order chi connectivity index (χ0) is 85.0. The number of carbonyl (C=O) groups is 11. The van der Waals surface area contributed by atoms with Crippen molar-refractivity contribution in [1.29, 1.82) is 0 Å². The van der Waals surface area contributed by atoms with Crippen LogP contribution >= 0.6 is 71.5 Å². The molecule has 0 spiro atoms. The number of ether oxygens (including phenoxy) is 6. The molecule has 5 aliphatic rings. The fourth-order valence-electron chi connectivity index (χ4n) is 12.8. The Bertz CT molecular complexity index is 5080. The third-order valence-electron chi connectivity index (χ3n) is 18.9. The number of thiocarbonyl (C=S) groups is 3. The average Bonchev–Trinajstić information content (AvgIpc) is 1.58. The van der Waals surface area contributed by atoms with E-state index in [2.05, 4.69) is 151 Å². The molecule has 3 saturated heterocycles. The number of thioether (sulfide) groups is 2. The number of carboxylic acids is 3. The molecule has 41 heteroatoms. The number of rotatable bonds is 25. The van der Waals surface area contributed by atoms with Crippen LogP contribution in [-0.4, -0.2) is 201 Å². The number of halogens is 5. The van der Waals surface area contributed by atoms with Crippen LogP contribution in [0.3, 0.4) is 0 Å². The number of hydrogen-bond acceptors (Lipinski definition) is 24. The second-order valence-corrected chi connectivity index (χ2v) is 31.2. The number of imidazole rings is 1. The molecule has 6 aromatic carbocycles. The van der Waals surface area contributed by atoms with Crippen LogP contribution in [0.2, 0.25) is 0 Å². The van der Waals surface area contributed by atoms with E-state index in [1.165, 1.54) is 77.8 Å². The third kappa shape index (κ3) is 28.7. The van der Waals surface area contributed by atoms with E-state index in [-0.39, 0.29) is 167 Å². The predicted octanol–water partition coefficient (Wildman–Crippen LogP) is -5.67. The highest BCUT2D eigenvalue weighted by molar-refractivity contribution is 8.24. The van der Waals surface area contributed by atoms with Crippen LogP contribution in [0.15, 0.2) is 138 Å². The van der Waals surface area contributed by atoms with Crippen LogP contribution in [0.1, 0.15) is 82.7 Å². The van der Waals surface area contributed by atoms with Gasteiger partial charge in [-0.05, 0) is 87.9 Å². The molecule has 30 nitrogen and oxygen atoms in total. The molecule has 652 valence electrons. The van der Waals surface area contributed by atoms with Gasteiger partial charge in [-0.1, -0.05) is 138 Å². The Hall–Kier alpha value is -8.60. The molecule has 0 aliphatic carbocycles. The standard InChI is InChI=1S/C18H20NO2.C14H18NO2.C12H15N2O2.C10H10NO3.C10H10NO2S.C6H7NO3S2.C5H5NO4S.C5H5NO3S2.2BrH.ClH.2HI/c1-13-18(2,3)17-15-7-5-4-6-14(15)8-9-16(17)19(13)10-11-21-12-20;1-11-14(2,3)12-6-4-5-7-13(12)15(11)8-9-17-10-16;1-3-13-10(2)14(8-16-9-15)12-7-5-4-6-11(12)13;2*1-8-11(6-13-7-12)9-4-2-3-5-10(9)14-8;8-4-3-12-6(11)7(4)2-1-5(9)10;7-3-2-10-5(11)6(3)1-4(8)9;7-3-2-11-5(10)6(3)1-4(8)9;;;;;/h4-9,12H,10-11H2,1-3H3;4-7,10H,8-9H2,1-3H3;4-7,9H,3,8H2,1-2H3;2*2-5,7H,6H2,1H3;1-3H2,(H,9,10);2*1-2H2,(H,8,9);5*1H/q5*+1;;;;;;;;/p-5. The average molecular weight is 2160 g/mol. The fraction of sp³-hybridized carbons (Fsp3) is 0.338. The van der Waals surface area contributed by atoms with Crippen molar-refractivity contribution in [1.82, 2.24) is 19.3 Å². The monoisotopic (exact) mass is 2150 g/mol. The van der Waals surface area contributed by atoms with Crippen molar-refractivity contribution in [2.75, 3.05) is 64.1 Å². The van der Waals surface area contributed by atoms with Gasteiger partial charge in [-0.15, -0.1) is 9.13 Å². The van der Waals surface area contributed by atoms with E-state index in [0.717, 1.165) is 54.8 Å². The molecule has 5 aliphatic heterocycles. The second-order valence-electron chi connectivity index (χ2n) is 26.4. The summed E-state index contributed by atoms with van der Waals surface area (Å²) >= 11 is 18.3. The Morgan fingerprint density at radius 3 is 1.58 bits per heavy atom. The van der Waals surface area contributed by atoms with E-state index in [0.29, 0.717) is 85.7 Å². The van der Waals surface area contributed by atoms with Crippen LogP contribution in [0.4, 0.5) is 11.4 Å². The maximum absolute atomic E-state index is 11.0. The lowest BCUT2D eigenvalue weighted by Gasteiger charge is -2.17. The van der Waals surface area contributed by atoms with Gasteiger partial charge in [0.2, 0.25) is 46.0 Å². The fourth-order valence-corrected chi connectivity index (χ4v) is 16.2. The first-order valence-electron chi connectivity index (χ1n) is 35.9. The molecule has 3 amide bonds. The third-order valence-corrected chi connectivity index (χ3v) is 23.2. The number of benzene rings is 6. The van der Waals surface area contributed by atoms with E-state index >= 15 is 0 Å². The first-order valence-corrected chi connectivity index (χ1v) is 39.9. The highest BCUT2D eigenvalue weighted by atomic mass is 127. The van der Waals surface area contributed by atoms with Gasteiger partial charge in [0, 0.05) is 69.6 Å². The second kappa shape index (κ2) is 52.8. The van der Waals surface area contributed by atoms with E-state index in [4.69, 9.17) is 63.1 Å². The minimum atomic E-state index is -1.11. The molecule has 3 fully saturated rings. The van der Waals surface area contributed by atoms with E-state index in [1.54, 1.807) is 15.9 Å². The quantitative estimate of drug-likeness (QED) is 0.0120.